The van der Waals surface area contributed by atoms with Gasteiger partial charge in [-0.2, -0.15) is 0 Å². The average Bonchev–Trinajstić information content (AvgIpc) is 2.31. The third-order valence-electron chi connectivity index (χ3n) is 3.03. The molecular weight excluding hydrogens is 214 g/mol. The van der Waals surface area contributed by atoms with Gasteiger partial charge in [-0.05, 0) is 12.5 Å². The van der Waals surface area contributed by atoms with Gasteiger partial charge in [-0.1, -0.05) is 12.1 Å². The van der Waals surface area contributed by atoms with Crippen LogP contribution < -0.4 is 4.90 Å². The second kappa shape index (κ2) is 4.05. The van der Waals surface area contributed by atoms with Crippen LogP contribution in [0.1, 0.15) is 6.42 Å². The monoisotopic (exact) mass is 227 g/mol. The van der Waals surface area contributed by atoms with Gasteiger partial charge in [0.25, 0.3) is 0 Å². The molecule has 1 aliphatic rings. The van der Waals surface area contributed by atoms with Crippen molar-refractivity contribution in [2.75, 3.05) is 18.0 Å². The number of hydrogen-bond donors (Lipinski definition) is 1. The fourth-order valence-corrected chi connectivity index (χ4v) is 2.05. The normalized spacial score (nSPS) is 14.5. The van der Waals surface area contributed by atoms with Gasteiger partial charge in [-0.25, -0.2) is 0 Å². The summed E-state index contributed by atoms with van der Waals surface area (Å²) < 4.78 is 0. The lowest BCUT2D eigenvalue weighted by Crippen LogP contribution is -2.37. The first-order valence-electron chi connectivity index (χ1n) is 5.69. The largest absolute Gasteiger partial charge is 0.506 e. The van der Waals surface area contributed by atoms with E-state index in [1.165, 1.54) is 6.42 Å². The van der Waals surface area contributed by atoms with Crippen LogP contribution in [-0.4, -0.2) is 28.2 Å². The molecule has 0 saturated carbocycles. The number of hydrogen-bond acceptors (Lipinski definition) is 4. The van der Waals surface area contributed by atoms with E-state index in [9.17, 15) is 5.11 Å². The first kappa shape index (κ1) is 10.1. The highest BCUT2D eigenvalue weighted by Gasteiger charge is 2.22. The molecule has 0 amide bonds. The highest BCUT2D eigenvalue weighted by atomic mass is 16.3. The summed E-state index contributed by atoms with van der Waals surface area (Å²) in [7, 11) is 0. The maximum Gasteiger partial charge on any atom is 0.139 e. The molecule has 1 aliphatic heterocycles. The summed E-state index contributed by atoms with van der Waals surface area (Å²) in [5.41, 5.74) is 2.61. The minimum absolute atomic E-state index is 0.313. The fraction of sp³-hybridized carbons (Fsp3) is 0.231. The van der Waals surface area contributed by atoms with Gasteiger partial charge < -0.3 is 10.0 Å². The molecule has 2 aromatic rings. The molecule has 0 radical (unpaired) electrons. The average molecular weight is 227 g/mol. The van der Waals surface area contributed by atoms with Crippen LogP contribution in [0.5, 0.6) is 5.75 Å². The van der Waals surface area contributed by atoms with E-state index >= 15 is 0 Å². The summed E-state index contributed by atoms with van der Waals surface area (Å²) in [4.78, 5) is 10.5. The van der Waals surface area contributed by atoms with Gasteiger partial charge in [-0.3, -0.25) is 9.97 Å². The second-order valence-corrected chi connectivity index (χ2v) is 4.10. The Morgan fingerprint density at radius 3 is 2.71 bits per heavy atom. The van der Waals surface area contributed by atoms with E-state index in [-0.39, 0.29) is 0 Å². The van der Waals surface area contributed by atoms with E-state index in [0.717, 1.165) is 30.0 Å². The molecule has 1 aromatic carbocycles. The second-order valence-electron chi connectivity index (χ2n) is 4.10. The molecular formula is C13H13N3O. The molecule has 0 spiro atoms. The van der Waals surface area contributed by atoms with Gasteiger partial charge >= 0.3 is 0 Å². The van der Waals surface area contributed by atoms with Crippen LogP contribution in [0.25, 0.3) is 11.3 Å². The van der Waals surface area contributed by atoms with Crippen molar-refractivity contribution in [2.24, 2.45) is 0 Å². The minimum atomic E-state index is 0.313. The van der Waals surface area contributed by atoms with Crippen LogP contribution in [-0.2, 0) is 0 Å². The van der Waals surface area contributed by atoms with Gasteiger partial charge in [0.15, 0.2) is 0 Å². The van der Waals surface area contributed by atoms with Gasteiger partial charge in [0.1, 0.15) is 5.75 Å². The van der Waals surface area contributed by atoms with Crippen molar-refractivity contribution in [1.29, 1.82) is 0 Å². The van der Waals surface area contributed by atoms with E-state index in [1.807, 2.05) is 12.1 Å². The van der Waals surface area contributed by atoms with E-state index in [2.05, 4.69) is 14.9 Å². The number of aromatic nitrogens is 2. The Bertz CT molecular complexity index is 523. The van der Waals surface area contributed by atoms with Crippen molar-refractivity contribution in [3.8, 4) is 17.0 Å². The molecule has 0 atom stereocenters. The van der Waals surface area contributed by atoms with Crippen molar-refractivity contribution in [3.63, 3.8) is 0 Å². The van der Waals surface area contributed by atoms with Gasteiger partial charge in [0.05, 0.1) is 17.6 Å². The summed E-state index contributed by atoms with van der Waals surface area (Å²) in [5.74, 6) is 0.313. The number of rotatable bonds is 2. The predicted octanol–water partition coefficient (Wildman–Crippen LogP) is 2.06. The zero-order chi connectivity index (χ0) is 11.7. The predicted molar refractivity (Wildman–Crippen MR) is 66.0 cm³/mol. The van der Waals surface area contributed by atoms with Crippen molar-refractivity contribution in [2.45, 2.75) is 6.42 Å². The lowest BCUT2D eigenvalue weighted by Gasteiger charge is -2.35. The maximum atomic E-state index is 10.00. The molecule has 4 heteroatoms. The molecule has 0 unspecified atom stereocenters. The molecule has 1 N–H and O–H groups in total. The van der Waals surface area contributed by atoms with Gasteiger partial charge in [-0.15, -0.1) is 0 Å². The summed E-state index contributed by atoms with van der Waals surface area (Å²) in [6.45, 7) is 1.98. The van der Waals surface area contributed by atoms with Crippen molar-refractivity contribution < 1.29 is 5.11 Å². The van der Waals surface area contributed by atoms with Crippen LogP contribution in [0.4, 0.5) is 5.69 Å². The molecule has 3 rings (SSSR count). The quantitative estimate of drug-likeness (QED) is 0.853. The van der Waals surface area contributed by atoms with Crippen LogP contribution in [0, 0.1) is 0 Å². The molecule has 86 valence electrons. The SMILES string of the molecule is Oc1cccc(-c2cnccn2)c1N1CCC1. The first-order valence-corrected chi connectivity index (χ1v) is 5.69. The zero-order valence-electron chi connectivity index (χ0n) is 9.37. The van der Waals surface area contributed by atoms with E-state index in [1.54, 1.807) is 24.7 Å². The number of benzene rings is 1. The van der Waals surface area contributed by atoms with Crippen LogP contribution in [0.3, 0.4) is 0 Å². The number of para-hydroxylation sites is 1. The Hall–Kier alpha value is -2.10. The van der Waals surface area contributed by atoms with E-state index in [0.29, 0.717) is 5.75 Å². The van der Waals surface area contributed by atoms with Gasteiger partial charge in [0.2, 0.25) is 0 Å². The van der Waals surface area contributed by atoms with Gasteiger partial charge in [0, 0.05) is 31.0 Å². The lowest BCUT2D eigenvalue weighted by molar-refractivity contribution is 0.469. The summed E-state index contributed by atoms with van der Waals surface area (Å²) in [5, 5.41) is 10.00. The summed E-state index contributed by atoms with van der Waals surface area (Å²) >= 11 is 0. The van der Waals surface area contributed by atoms with Crippen LogP contribution in [0.2, 0.25) is 0 Å². The number of phenolic OH excluding ortho intramolecular Hbond substituents is 1. The Kier molecular flexibility index (Phi) is 2.40. The lowest BCUT2D eigenvalue weighted by atomic mass is 10.0. The van der Waals surface area contributed by atoms with Crippen molar-refractivity contribution in [1.82, 2.24) is 9.97 Å². The smallest absolute Gasteiger partial charge is 0.139 e. The topological polar surface area (TPSA) is 49.3 Å². The van der Waals surface area contributed by atoms with Crippen LogP contribution in [0.15, 0.2) is 36.8 Å². The highest BCUT2D eigenvalue weighted by molar-refractivity contribution is 5.81. The molecule has 17 heavy (non-hydrogen) atoms. The van der Waals surface area contributed by atoms with E-state index in [4.69, 9.17) is 0 Å². The Morgan fingerprint density at radius 2 is 2.06 bits per heavy atom. The van der Waals surface area contributed by atoms with Crippen LogP contribution >= 0.6 is 0 Å². The zero-order valence-corrected chi connectivity index (χ0v) is 9.37. The number of aromatic hydroxyl groups is 1. The van der Waals surface area contributed by atoms with Crippen molar-refractivity contribution >= 4 is 5.69 Å². The number of phenols is 1. The molecule has 0 bridgehead atoms. The molecule has 4 nitrogen and oxygen atoms in total. The summed E-state index contributed by atoms with van der Waals surface area (Å²) in [6.07, 6.45) is 6.21. The Labute approximate surface area is 99.6 Å². The molecule has 1 aromatic heterocycles. The fourth-order valence-electron chi connectivity index (χ4n) is 2.05. The number of anilines is 1. The molecule has 0 aliphatic carbocycles. The standard InChI is InChI=1S/C13H13N3O/c17-12-4-1-3-10(11-9-14-5-6-15-11)13(12)16-7-2-8-16/h1,3-6,9,17H,2,7-8H2. The Balaban J connectivity index is 2.13. The first-order chi connectivity index (χ1) is 8.36. The third-order valence-corrected chi connectivity index (χ3v) is 3.03. The summed E-state index contributed by atoms with van der Waals surface area (Å²) in [6, 6.07) is 5.52. The highest BCUT2D eigenvalue weighted by Crippen LogP contribution is 2.38. The number of nitrogens with zero attached hydrogens (tertiary/aromatic N) is 3. The molecule has 2 heterocycles. The van der Waals surface area contributed by atoms with Crippen molar-refractivity contribution in [3.05, 3.63) is 36.8 Å². The molecule has 1 fully saturated rings. The third kappa shape index (κ3) is 1.71. The van der Waals surface area contributed by atoms with E-state index < -0.39 is 0 Å². The maximum absolute atomic E-state index is 10.00. The molecule has 1 saturated heterocycles. The Morgan fingerprint density at radius 1 is 1.18 bits per heavy atom. The minimum Gasteiger partial charge on any atom is -0.506 e.